The molecule has 0 saturated heterocycles. The zero-order chi connectivity index (χ0) is 23.9. The highest BCUT2D eigenvalue weighted by molar-refractivity contribution is 7.73. The van der Waals surface area contributed by atoms with Crippen molar-refractivity contribution in [1.29, 1.82) is 0 Å². The summed E-state index contributed by atoms with van der Waals surface area (Å²) in [5, 5.41) is 5.81. The van der Waals surface area contributed by atoms with Crippen molar-refractivity contribution >= 4 is 37.1 Å². The van der Waals surface area contributed by atoms with Crippen LogP contribution in [0.2, 0.25) is 0 Å². The molecule has 0 N–H and O–H groups in total. The van der Waals surface area contributed by atoms with Crippen LogP contribution in [-0.4, -0.2) is 12.3 Å². The molecular formula is C32H34P2. The van der Waals surface area contributed by atoms with Crippen LogP contribution >= 0.6 is 15.8 Å². The van der Waals surface area contributed by atoms with Crippen LogP contribution in [0.25, 0.3) is 0 Å². The fraction of sp³-hybridized carbons (Fsp3) is 0.188. The molecule has 0 aromatic heterocycles. The summed E-state index contributed by atoms with van der Waals surface area (Å²) in [6, 6.07) is 36.5. The van der Waals surface area contributed by atoms with Crippen LogP contribution < -0.4 is 21.2 Å². The lowest BCUT2D eigenvalue weighted by Crippen LogP contribution is -2.14. The van der Waals surface area contributed by atoms with E-state index in [0.29, 0.717) is 0 Å². The summed E-state index contributed by atoms with van der Waals surface area (Å²) in [7, 11) is -0.807. The minimum Gasteiger partial charge on any atom is -0.0832 e. The standard InChI is InChI=1S/C32H34P2/c1-25-7-15-29(16-8-25)33(30-17-9-26(2)10-18-30)23-5-6-24-34(31-19-11-27(3)12-20-31)32-21-13-28(4)14-22-32/h5-22H,23-24H2,1-4H3. The van der Waals surface area contributed by atoms with E-state index in [1.54, 1.807) is 0 Å². The van der Waals surface area contributed by atoms with Gasteiger partial charge in [0.2, 0.25) is 0 Å². The van der Waals surface area contributed by atoms with Crippen molar-refractivity contribution in [2.24, 2.45) is 0 Å². The molecule has 0 amide bonds. The molecule has 4 rings (SSSR count). The van der Waals surface area contributed by atoms with Crippen molar-refractivity contribution in [3.63, 3.8) is 0 Å². The highest BCUT2D eigenvalue weighted by atomic mass is 31.1. The summed E-state index contributed by atoms with van der Waals surface area (Å²) in [5.41, 5.74) is 5.28. The average molecular weight is 481 g/mol. The third-order valence-electron chi connectivity index (χ3n) is 6.13. The van der Waals surface area contributed by atoms with E-state index >= 15 is 0 Å². The lowest BCUT2D eigenvalue weighted by atomic mass is 10.2. The zero-order valence-corrected chi connectivity index (χ0v) is 22.5. The first-order chi connectivity index (χ1) is 16.5. The summed E-state index contributed by atoms with van der Waals surface area (Å²) in [6.45, 7) is 8.65. The van der Waals surface area contributed by atoms with Crippen LogP contribution in [0.1, 0.15) is 22.3 Å². The largest absolute Gasteiger partial charge is 0.0832 e. The number of benzene rings is 4. The number of rotatable bonds is 8. The second-order valence-corrected chi connectivity index (χ2v) is 13.5. The quantitative estimate of drug-likeness (QED) is 0.187. The molecule has 34 heavy (non-hydrogen) atoms. The minimum atomic E-state index is -0.403. The Balaban J connectivity index is 1.56. The van der Waals surface area contributed by atoms with E-state index in [9.17, 15) is 0 Å². The topological polar surface area (TPSA) is 0 Å². The zero-order valence-electron chi connectivity index (χ0n) is 20.7. The van der Waals surface area contributed by atoms with Gasteiger partial charge >= 0.3 is 0 Å². The first-order valence-corrected chi connectivity index (χ1v) is 15.0. The lowest BCUT2D eigenvalue weighted by Gasteiger charge is -2.19. The molecular weight excluding hydrogens is 446 g/mol. The fourth-order valence-corrected chi connectivity index (χ4v) is 8.17. The van der Waals surface area contributed by atoms with Crippen molar-refractivity contribution in [2.75, 3.05) is 12.3 Å². The molecule has 4 aromatic rings. The van der Waals surface area contributed by atoms with Crippen molar-refractivity contribution in [1.82, 2.24) is 0 Å². The van der Waals surface area contributed by atoms with E-state index in [2.05, 4.69) is 137 Å². The van der Waals surface area contributed by atoms with Gasteiger partial charge in [0, 0.05) is 0 Å². The Morgan fingerprint density at radius 2 is 0.588 bits per heavy atom. The molecule has 0 spiro atoms. The van der Waals surface area contributed by atoms with E-state index in [0.717, 1.165) is 12.3 Å². The SMILES string of the molecule is Cc1ccc(P(CC=CCP(c2ccc(C)cc2)c2ccc(C)cc2)c2ccc(C)cc2)cc1. The summed E-state index contributed by atoms with van der Waals surface area (Å²) in [4.78, 5) is 0. The molecule has 0 bridgehead atoms. The average Bonchev–Trinajstić information content (AvgIpc) is 2.85. The van der Waals surface area contributed by atoms with Gasteiger partial charge in [-0.2, -0.15) is 0 Å². The van der Waals surface area contributed by atoms with Crippen molar-refractivity contribution in [3.05, 3.63) is 131 Å². The molecule has 0 atom stereocenters. The maximum Gasteiger partial charge on any atom is -0.00641 e. The van der Waals surface area contributed by atoms with Gasteiger partial charge in [-0.25, -0.2) is 0 Å². The van der Waals surface area contributed by atoms with Gasteiger partial charge in [0.1, 0.15) is 0 Å². The summed E-state index contributed by atoms with van der Waals surface area (Å²) in [5.74, 6) is 0. The first kappa shape index (κ1) is 24.6. The Bertz CT molecular complexity index is 1010. The Kier molecular flexibility index (Phi) is 8.50. The van der Waals surface area contributed by atoms with Gasteiger partial charge in [-0.05, 0) is 77.1 Å². The molecule has 0 fully saturated rings. The predicted molar refractivity (Wildman–Crippen MR) is 156 cm³/mol. The molecule has 0 saturated carbocycles. The second-order valence-electron chi connectivity index (χ2n) is 9.03. The molecule has 0 unspecified atom stereocenters. The van der Waals surface area contributed by atoms with E-state index in [1.807, 2.05) is 0 Å². The fourth-order valence-electron chi connectivity index (χ4n) is 3.98. The predicted octanol–water partition coefficient (Wildman–Crippen LogP) is 7.04. The normalized spacial score (nSPS) is 11.6. The molecule has 0 aliphatic rings. The van der Waals surface area contributed by atoms with E-state index in [1.165, 1.54) is 43.5 Å². The summed E-state index contributed by atoms with van der Waals surface area (Å²) >= 11 is 0. The smallest absolute Gasteiger partial charge is 0.00641 e. The highest BCUT2D eigenvalue weighted by Gasteiger charge is 2.14. The van der Waals surface area contributed by atoms with E-state index < -0.39 is 15.8 Å². The number of allylic oxidation sites excluding steroid dienone is 2. The van der Waals surface area contributed by atoms with Crippen molar-refractivity contribution in [2.45, 2.75) is 27.7 Å². The van der Waals surface area contributed by atoms with Gasteiger partial charge in [-0.1, -0.05) is 131 Å². The molecule has 0 heterocycles. The van der Waals surface area contributed by atoms with Crippen LogP contribution in [0.15, 0.2) is 109 Å². The van der Waals surface area contributed by atoms with Gasteiger partial charge in [0.05, 0.1) is 0 Å². The first-order valence-electron chi connectivity index (χ1n) is 12.0. The molecule has 0 aliphatic carbocycles. The van der Waals surface area contributed by atoms with Gasteiger partial charge in [-0.15, -0.1) is 0 Å². The maximum absolute atomic E-state index is 2.43. The maximum atomic E-state index is 2.43. The van der Waals surface area contributed by atoms with Crippen LogP contribution in [0, 0.1) is 27.7 Å². The number of aryl methyl sites for hydroxylation is 4. The molecule has 2 heteroatoms. The van der Waals surface area contributed by atoms with Gasteiger partial charge < -0.3 is 0 Å². The van der Waals surface area contributed by atoms with Crippen LogP contribution in [0.4, 0.5) is 0 Å². The number of hydrogen-bond acceptors (Lipinski definition) is 0. The highest BCUT2D eigenvalue weighted by Crippen LogP contribution is 2.36. The molecule has 4 aromatic carbocycles. The van der Waals surface area contributed by atoms with Gasteiger partial charge in [-0.3, -0.25) is 0 Å². The van der Waals surface area contributed by atoms with Crippen LogP contribution in [0.5, 0.6) is 0 Å². The third-order valence-corrected chi connectivity index (χ3v) is 11.0. The summed E-state index contributed by atoms with van der Waals surface area (Å²) < 4.78 is 0. The molecule has 0 nitrogen and oxygen atoms in total. The monoisotopic (exact) mass is 480 g/mol. The van der Waals surface area contributed by atoms with Crippen LogP contribution in [-0.2, 0) is 0 Å². The van der Waals surface area contributed by atoms with Crippen LogP contribution in [0.3, 0.4) is 0 Å². The van der Waals surface area contributed by atoms with Crippen molar-refractivity contribution < 1.29 is 0 Å². The Morgan fingerprint density at radius 1 is 0.382 bits per heavy atom. The summed E-state index contributed by atoms with van der Waals surface area (Å²) in [6.07, 6.45) is 7.02. The van der Waals surface area contributed by atoms with E-state index in [4.69, 9.17) is 0 Å². The van der Waals surface area contributed by atoms with Gasteiger partial charge in [0.25, 0.3) is 0 Å². The molecule has 172 valence electrons. The number of hydrogen-bond donors (Lipinski definition) is 0. The third kappa shape index (κ3) is 6.54. The minimum absolute atomic E-state index is 0.403. The Morgan fingerprint density at radius 3 is 0.794 bits per heavy atom. The Hall–Kier alpha value is -2.52. The van der Waals surface area contributed by atoms with Crippen molar-refractivity contribution in [3.8, 4) is 0 Å². The molecule has 0 radical (unpaired) electrons. The second kappa shape index (κ2) is 11.8. The molecule has 0 aliphatic heterocycles. The van der Waals surface area contributed by atoms with Gasteiger partial charge in [0.15, 0.2) is 0 Å². The Labute approximate surface area is 208 Å². The lowest BCUT2D eigenvalue weighted by molar-refractivity contribution is 1.48. The van der Waals surface area contributed by atoms with E-state index in [-0.39, 0.29) is 0 Å².